The zero-order valence-corrected chi connectivity index (χ0v) is 11.4. The molecule has 1 atom stereocenters. The minimum absolute atomic E-state index is 0.0331. The first kappa shape index (κ1) is 12.8. The standard InChI is InChI=1S/C15H16FN3O/c1-9(2)19-15-13(8-17-19)12(7-14(20)18-15)10-3-5-11(16)6-4-10/h3-6,8-9,12H,7H2,1-2H3,(H,18,20)/t12-/m1/s1. The summed E-state index contributed by atoms with van der Waals surface area (Å²) in [6.45, 7) is 4.03. The predicted octanol–water partition coefficient (Wildman–Crippen LogP) is 3.08. The van der Waals surface area contributed by atoms with Gasteiger partial charge in [0.25, 0.3) is 0 Å². The van der Waals surface area contributed by atoms with Crippen molar-refractivity contribution < 1.29 is 9.18 Å². The third kappa shape index (κ3) is 2.09. The second kappa shape index (κ2) is 4.74. The van der Waals surface area contributed by atoms with Crippen molar-refractivity contribution in [1.82, 2.24) is 9.78 Å². The van der Waals surface area contributed by atoms with Gasteiger partial charge in [-0.25, -0.2) is 9.07 Å². The number of hydrogen-bond acceptors (Lipinski definition) is 2. The average Bonchev–Trinajstić information content (AvgIpc) is 2.82. The molecule has 1 aliphatic rings. The Labute approximate surface area is 116 Å². The molecule has 1 aromatic carbocycles. The Kier molecular flexibility index (Phi) is 3.04. The molecule has 1 aliphatic heterocycles. The number of amides is 1. The first-order valence-corrected chi connectivity index (χ1v) is 6.69. The number of nitrogens with zero attached hydrogens (tertiary/aromatic N) is 2. The summed E-state index contributed by atoms with van der Waals surface area (Å²) in [5.74, 6) is 0.388. The first-order chi connectivity index (χ1) is 9.56. The lowest BCUT2D eigenvalue weighted by molar-refractivity contribution is -0.116. The number of benzene rings is 1. The monoisotopic (exact) mass is 273 g/mol. The van der Waals surface area contributed by atoms with E-state index < -0.39 is 0 Å². The smallest absolute Gasteiger partial charge is 0.226 e. The second-order valence-electron chi connectivity index (χ2n) is 5.34. The molecule has 104 valence electrons. The highest BCUT2D eigenvalue weighted by Gasteiger charge is 2.30. The molecule has 0 bridgehead atoms. The van der Waals surface area contributed by atoms with Crippen LogP contribution in [0.1, 0.15) is 43.4 Å². The Morgan fingerprint density at radius 1 is 1.35 bits per heavy atom. The molecule has 0 unspecified atom stereocenters. The van der Waals surface area contributed by atoms with E-state index in [0.29, 0.717) is 6.42 Å². The summed E-state index contributed by atoms with van der Waals surface area (Å²) in [6.07, 6.45) is 2.16. The quantitative estimate of drug-likeness (QED) is 0.914. The molecule has 4 nitrogen and oxygen atoms in total. The molecule has 5 heteroatoms. The van der Waals surface area contributed by atoms with Gasteiger partial charge in [-0.3, -0.25) is 4.79 Å². The Bertz CT molecular complexity index is 646. The van der Waals surface area contributed by atoms with Crippen LogP contribution in [0.25, 0.3) is 0 Å². The third-order valence-electron chi connectivity index (χ3n) is 3.61. The second-order valence-corrected chi connectivity index (χ2v) is 5.34. The molecule has 1 aromatic heterocycles. The van der Waals surface area contributed by atoms with Gasteiger partial charge in [-0.15, -0.1) is 0 Å². The topological polar surface area (TPSA) is 46.9 Å². The molecule has 0 aliphatic carbocycles. The number of nitrogens with one attached hydrogen (secondary N) is 1. The van der Waals surface area contributed by atoms with Crippen molar-refractivity contribution in [2.45, 2.75) is 32.2 Å². The van der Waals surface area contributed by atoms with Crippen LogP contribution in [0, 0.1) is 5.82 Å². The maximum Gasteiger partial charge on any atom is 0.226 e. The fraction of sp³-hybridized carbons (Fsp3) is 0.333. The van der Waals surface area contributed by atoms with Gasteiger partial charge in [-0.1, -0.05) is 12.1 Å². The molecular formula is C15H16FN3O. The maximum atomic E-state index is 13.0. The van der Waals surface area contributed by atoms with E-state index in [1.807, 2.05) is 18.5 Å². The van der Waals surface area contributed by atoms with Crippen molar-refractivity contribution in [3.8, 4) is 0 Å². The van der Waals surface area contributed by atoms with E-state index in [1.165, 1.54) is 12.1 Å². The molecule has 0 saturated heterocycles. The van der Waals surface area contributed by atoms with Gasteiger partial charge < -0.3 is 5.32 Å². The number of hydrogen-bond donors (Lipinski definition) is 1. The number of carbonyl (C=O) groups is 1. The van der Waals surface area contributed by atoms with Crippen LogP contribution in [0.15, 0.2) is 30.5 Å². The van der Waals surface area contributed by atoms with Crippen molar-refractivity contribution in [1.29, 1.82) is 0 Å². The molecule has 0 saturated carbocycles. The van der Waals surface area contributed by atoms with Crippen LogP contribution in [0.5, 0.6) is 0 Å². The summed E-state index contributed by atoms with van der Waals surface area (Å²) in [6, 6.07) is 6.48. The van der Waals surface area contributed by atoms with Crippen molar-refractivity contribution in [3.05, 3.63) is 47.4 Å². The zero-order valence-electron chi connectivity index (χ0n) is 11.4. The number of halogens is 1. The van der Waals surface area contributed by atoms with Gasteiger partial charge >= 0.3 is 0 Å². The van der Waals surface area contributed by atoms with E-state index in [1.54, 1.807) is 18.3 Å². The first-order valence-electron chi connectivity index (χ1n) is 6.69. The van der Waals surface area contributed by atoms with E-state index >= 15 is 0 Å². The molecule has 2 aromatic rings. The summed E-state index contributed by atoms with van der Waals surface area (Å²) in [4.78, 5) is 11.9. The maximum absolute atomic E-state index is 13.0. The van der Waals surface area contributed by atoms with Crippen LogP contribution < -0.4 is 5.32 Å². The van der Waals surface area contributed by atoms with Gasteiger partial charge in [0, 0.05) is 23.9 Å². The fourth-order valence-corrected chi connectivity index (χ4v) is 2.62. The lowest BCUT2D eigenvalue weighted by atomic mass is 9.87. The van der Waals surface area contributed by atoms with E-state index in [4.69, 9.17) is 0 Å². The Hall–Kier alpha value is -2.17. The van der Waals surface area contributed by atoms with Crippen LogP contribution in [-0.2, 0) is 4.79 Å². The molecule has 2 heterocycles. The van der Waals surface area contributed by atoms with Gasteiger partial charge in [0.1, 0.15) is 11.6 Å². The normalized spacial score (nSPS) is 18.0. The Morgan fingerprint density at radius 2 is 2.05 bits per heavy atom. The number of anilines is 1. The summed E-state index contributed by atoms with van der Waals surface area (Å²) < 4.78 is 14.8. The minimum Gasteiger partial charge on any atom is -0.311 e. The lowest BCUT2D eigenvalue weighted by Gasteiger charge is -2.24. The van der Waals surface area contributed by atoms with Crippen LogP contribution in [0.3, 0.4) is 0 Å². The van der Waals surface area contributed by atoms with E-state index in [9.17, 15) is 9.18 Å². The number of fused-ring (bicyclic) bond motifs is 1. The highest BCUT2D eigenvalue weighted by atomic mass is 19.1. The molecule has 3 rings (SSSR count). The third-order valence-corrected chi connectivity index (χ3v) is 3.61. The van der Waals surface area contributed by atoms with Crippen molar-refractivity contribution >= 4 is 11.7 Å². The summed E-state index contributed by atoms with van der Waals surface area (Å²) in [5, 5.41) is 7.24. The van der Waals surface area contributed by atoms with Gasteiger partial charge in [0.15, 0.2) is 0 Å². The van der Waals surface area contributed by atoms with Crippen molar-refractivity contribution in [2.24, 2.45) is 0 Å². The SMILES string of the molecule is CC(C)n1ncc2c1NC(=O)C[C@@H]2c1ccc(F)cc1. The van der Waals surface area contributed by atoms with Gasteiger partial charge in [0.2, 0.25) is 5.91 Å². The zero-order chi connectivity index (χ0) is 14.3. The van der Waals surface area contributed by atoms with Crippen LogP contribution in [0.2, 0.25) is 0 Å². The molecule has 1 N–H and O–H groups in total. The average molecular weight is 273 g/mol. The predicted molar refractivity (Wildman–Crippen MR) is 74.1 cm³/mol. The van der Waals surface area contributed by atoms with E-state index in [2.05, 4.69) is 10.4 Å². The molecule has 0 spiro atoms. The largest absolute Gasteiger partial charge is 0.311 e. The lowest BCUT2D eigenvalue weighted by Crippen LogP contribution is -2.25. The number of rotatable bonds is 2. The number of carbonyl (C=O) groups excluding carboxylic acids is 1. The van der Waals surface area contributed by atoms with Crippen LogP contribution in [0.4, 0.5) is 10.2 Å². The van der Waals surface area contributed by atoms with E-state index in [-0.39, 0.29) is 23.7 Å². The Morgan fingerprint density at radius 3 is 2.70 bits per heavy atom. The highest BCUT2D eigenvalue weighted by Crippen LogP contribution is 2.37. The highest BCUT2D eigenvalue weighted by molar-refractivity contribution is 5.94. The molecular weight excluding hydrogens is 257 g/mol. The van der Waals surface area contributed by atoms with Crippen LogP contribution >= 0.6 is 0 Å². The summed E-state index contributed by atoms with van der Waals surface area (Å²) in [5.41, 5.74) is 1.93. The van der Waals surface area contributed by atoms with Gasteiger partial charge in [-0.2, -0.15) is 5.10 Å². The fourth-order valence-electron chi connectivity index (χ4n) is 2.62. The molecule has 0 radical (unpaired) electrons. The number of aromatic nitrogens is 2. The van der Waals surface area contributed by atoms with Crippen molar-refractivity contribution in [3.63, 3.8) is 0 Å². The van der Waals surface area contributed by atoms with Crippen molar-refractivity contribution in [2.75, 3.05) is 5.32 Å². The van der Waals surface area contributed by atoms with Crippen LogP contribution in [-0.4, -0.2) is 15.7 Å². The summed E-state index contributed by atoms with van der Waals surface area (Å²) >= 11 is 0. The molecule has 0 fully saturated rings. The minimum atomic E-state index is -0.271. The molecule has 1 amide bonds. The Balaban J connectivity index is 2.06. The van der Waals surface area contributed by atoms with Gasteiger partial charge in [0.05, 0.1) is 6.20 Å². The van der Waals surface area contributed by atoms with E-state index in [0.717, 1.165) is 16.9 Å². The van der Waals surface area contributed by atoms with Gasteiger partial charge in [-0.05, 0) is 31.5 Å². The molecule has 20 heavy (non-hydrogen) atoms. The summed E-state index contributed by atoms with van der Waals surface area (Å²) in [7, 11) is 0.